The van der Waals surface area contributed by atoms with Crippen LogP contribution < -0.4 is 9.46 Å². The zero-order valence-corrected chi connectivity index (χ0v) is 17.1. The minimum atomic E-state index is -3.60. The summed E-state index contributed by atoms with van der Waals surface area (Å²) < 4.78 is 34.1. The molecule has 0 amide bonds. The van der Waals surface area contributed by atoms with Crippen molar-refractivity contribution in [2.75, 3.05) is 46.4 Å². The van der Waals surface area contributed by atoms with Gasteiger partial charge in [0, 0.05) is 49.5 Å². The number of hydrogen-bond acceptors (Lipinski definition) is 5. The van der Waals surface area contributed by atoms with E-state index in [1.165, 1.54) is 0 Å². The third-order valence-electron chi connectivity index (χ3n) is 5.40. The van der Waals surface area contributed by atoms with Gasteiger partial charge in [0.25, 0.3) is 0 Å². The molecule has 1 fully saturated rings. The van der Waals surface area contributed by atoms with Crippen LogP contribution in [0.25, 0.3) is 10.8 Å². The van der Waals surface area contributed by atoms with E-state index in [9.17, 15) is 8.42 Å². The molecular weight excluding hydrogens is 362 g/mol. The van der Waals surface area contributed by atoms with Crippen molar-refractivity contribution >= 4 is 20.8 Å². The second-order valence-corrected chi connectivity index (χ2v) is 8.72. The van der Waals surface area contributed by atoms with Crippen LogP contribution in [0.5, 0.6) is 5.75 Å². The summed E-state index contributed by atoms with van der Waals surface area (Å²) in [7, 11) is -2.01. The average molecular weight is 392 g/mol. The molecule has 1 aliphatic rings. The van der Waals surface area contributed by atoms with Crippen molar-refractivity contribution in [2.24, 2.45) is 0 Å². The first-order chi connectivity index (χ1) is 13.0. The fraction of sp³-hybridized carbons (Fsp3) is 0.500. The zero-order valence-electron chi connectivity index (χ0n) is 16.3. The quantitative estimate of drug-likeness (QED) is 0.784. The highest BCUT2D eigenvalue weighted by molar-refractivity contribution is 7.89. The Hall–Kier alpha value is -1.67. The summed E-state index contributed by atoms with van der Waals surface area (Å²) >= 11 is 0. The topological polar surface area (TPSA) is 61.9 Å². The molecule has 0 bridgehead atoms. The summed E-state index contributed by atoms with van der Waals surface area (Å²) in [4.78, 5) is 5.06. The molecule has 27 heavy (non-hydrogen) atoms. The Morgan fingerprint density at radius 3 is 2.37 bits per heavy atom. The van der Waals surface area contributed by atoms with E-state index in [1.54, 1.807) is 19.2 Å². The SMILES string of the molecule is CCN1CCN(C(C)CNS(=O)(=O)c2ccc(OC)c3ccccc23)CC1. The number of methoxy groups -OCH3 is 1. The number of nitrogens with one attached hydrogen (secondary N) is 1. The second-order valence-electron chi connectivity index (χ2n) is 6.98. The van der Waals surface area contributed by atoms with Crippen LogP contribution in [-0.4, -0.2) is 70.6 Å². The van der Waals surface area contributed by atoms with Gasteiger partial charge in [0.05, 0.1) is 12.0 Å². The highest BCUT2D eigenvalue weighted by Crippen LogP contribution is 2.30. The second kappa shape index (κ2) is 8.56. The molecule has 2 aromatic carbocycles. The maximum Gasteiger partial charge on any atom is 0.241 e. The van der Waals surface area contributed by atoms with E-state index in [-0.39, 0.29) is 6.04 Å². The molecule has 7 heteroatoms. The van der Waals surface area contributed by atoms with Crippen LogP contribution in [0.3, 0.4) is 0 Å². The summed E-state index contributed by atoms with van der Waals surface area (Å²) in [5.74, 6) is 0.673. The number of ether oxygens (including phenoxy) is 1. The fourth-order valence-corrected chi connectivity index (χ4v) is 4.94. The molecule has 1 unspecified atom stereocenters. The normalized spacial score (nSPS) is 17.9. The molecule has 148 valence electrons. The van der Waals surface area contributed by atoms with E-state index >= 15 is 0 Å². The van der Waals surface area contributed by atoms with Crippen molar-refractivity contribution in [3.63, 3.8) is 0 Å². The third-order valence-corrected chi connectivity index (χ3v) is 6.88. The molecule has 0 saturated carbocycles. The summed E-state index contributed by atoms with van der Waals surface area (Å²) in [6.45, 7) is 9.74. The van der Waals surface area contributed by atoms with Crippen LogP contribution in [0.4, 0.5) is 0 Å². The molecule has 1 aliphatic heterocycles. The Bertz CT molecular complexity index is 877. The van der Waals surface area contributed by atoms with Gasteiger partial charge < -0.3 is 9.64 Å². The average Bonchev–Trinajstić information content (AvgIpc) is 2.71. The highest BCUT2D eigenvalue weighted by Gasteiger charge is 2.23. The van der Waals surface area contributed by atoms with E-state index in [4.69, 9.17) is 4.74 Å². The van der Waals surface area contributed by atoms with Gasteiger partial charge in [-0.3, -0.25) is 4.90 Å². The maximum atomic E-state index is 13.0. The molecule has 0 aromatic heterocycles. The lowest BCUT2D eigenvalue weighted by Crippen LogP contribution is -2.52. The predicted molar refractivity (Wildman–Crippen MR) is 109 cm³/mol. The summed E-state index contributed by atoms with van der Waals surface area (Å²) in [6, 6.07) is 10.9. The van der Waals surface area contributed by atoms with Gasteiger partial charge in [0.2, 0.25) is 10.0 Å². The fourth-order valence-electron chi connectivity index (χ4n) is 3.61. The number of benzene rings is 2. The van der Waals surface area contributed by atoms with Gasteiger partial charge in [-0.15, -0.1) is 0 Å². The van der Waals surface area contributed by atoms with Gasteiger partial charge in [-0.05, 0) is 25.6 Å². The Balaban J connectivity index is 1.73. The number of hydrogen-bond donors (Lipinski definition) is 1. The largest absolute Gasteiger partial charge is 0.496 e. The lowest BCUT2D eigenvalue weighted by Gasteiger charge is -2.37. The number of piperazine rings is 1. The third kappa shape index (κ3) is 4.43. The van der Waals surface area contributed by atoms with Crippen molar-refractivity contribution in [2.45, 2.75) is 24.8 Å². The van der Waals surface area contributed by atoms with Gasteiger partial charge in [-0.25, -0.2) is 13.1 Å². The molecule has 1 heterocycles. The number of nitrogens with zero attached hydrogens (tertiary/aromatic N) is 2. The monoisotopic (exact) mass is 391 g/mol. The van der Waals surface area contributed by atoms with Gasteiger partial charge in [-0.1, -0.05) is 31.2 Å². The zero-order chi connectivity index (χ0) is 19.4. The molecule has 3 rings (SSSR count). The summed E-state index contributed by atoms with van der Waals surface area (Å²) in [6.07, 6.45) is 0. The van der Waals surface area contributed by atoms with Gasteiger partial charge in [0.15, 0.2) is 0 Å². The highest BCUT2D eigenvalue weighted by atomic mass is 32.2. The molecule has 1 saturated heterocycles. The Labute approximate surface area is 162 Å². The van der Waals surface area contributed by atoms with Crippen LogP contribution in [0.15, 0.2) is 41.3 Å². The van der Waals surface area contributed by atoms with E-state index in [0.717, 1.165) is 38.1 Å². The smallest absolute Gasteiger partial charge is 0.241 e. The van der Waals surface area contributed by atoms with Crippen LogP contribution in [0, 0.1) is 0 Å². The Morgan fingerprint density at radius 1 is 1.07 bits per heavy atom. The minimum absolute atomic E-state index is 0.156. The number of sulfonamides is 1. The van der Waals surface area contributed by atoms with E-state index < -0.39 is 10.0 Å². The first-order valence-corrected chi connectivity index (χ1v) is 11.0. The van der Waals surface area contributed by atoms with Gasteiger partial charge in [0.1, 0.15) is 5.75 Å². The van der Waals surface area contributed by atoms with Gasteiger partial charge in [-0.2, -0.15) is 0 Å². The number of likely N-dealkylation sites (N-methyl/N-ethyl adjacent to an activating group) is 1. The minimum Gasteiger partial charge on any atom is -0.496 e. The molecule has 1 atom stereocenters. The predicted octanol–water partition coefficient (Wildman–Crippen LogP) is 2.15. The van der Waals surface area contributed by atoms with Crippen LogP contribution in [0.2, 0.25) is 0 Å². The molecule has 1 N–H and O–H groups in total. The first-order valence-electron chi connectivity index (χ1n) is 9.48. The number of rotatable bonds is 7. The molecule has 6 nitrogen and oxygen atoms in total. The molecule has 2 aromatic rings. The Morgan fingerprint density at radius 2 is 1.74 bits per heavy atom. The molecular formula is C20H29N3O3S. The number of fused-ring (bicyclic) bond motifs is 1. The van der Waals surface area contributed by atoms with Crippen molar-refractivity contribution in [1.82, 2.24) is 14.5 Å². The van der Waals surface area contributed by atoms with Crippen LogP contribution in [-0.2, 0) is 10.0 Å². The first kappa shape index (κ1) is 20.1. The molecule has 0 radical (unpaired) electrons. The van der Waals surface area contributed by atoms with E-state index in [0.29, 0.717) is 22.6 Å². The van der Waals surface area contributed by atoms with Crippen molar-refractivity contribution in [1.29, 1.82) is 0 Å². The molecule has 0 spiro atoms. The van der Waals surface area contributed by atoms with Crippen LogP contribution in [0.1, 0.15) is 13.8 Å². The lowest BCUT2D eigenvalue weighted by atomic mass is 10.1. The van der Waals surface area contributed by atoms with Crippen molar-refractivity contribution < 1.29 is 13.2 Å². The van der Waals surface area contributed by atoms with E-state index in [1.807, 2.05) is 24.3 Å². The molecule has 0 aliphatic carbocycles. The van der Waals surface area contributed by atoms with E-state index in [2.05, 4.69) is 28.4 Å². The lowest BCUT2D eigenvalue weighted by molar-refractivity contribution is 0.107. The van der Waals surface area contributed by atoms with Crippen molar-refractivity contribution in [3.8, 4) is 5.75 Å². The van der Waals surface area contributed by atoms with Gasteiger partial charge >= 0.3 is 0 Å². The van der Waals surface area contributed by atoms with Crippen LogP contribution >= 0.6 is 0 Å². The van der Waals surface area contributed by atoms with Crippen molar-refractivity contribution in [3.05, 3.63) is 36.4 Å². The Kier molecular flexibility index (Phi) is 6.37. The standard InChI is InChI=1S/C20H29N3O3S/c1-4-22-11-13-23(14-12-22)16(2)15-21-27(24,25)20-10-9-19(26-3)17-7-5-6-8-18(17)20/h5-10,16,21H,4,11-15H2,1-3H3. The summed E-state index contributed by atoms with van der Waals surface area (Å²) in [5, 5.41) is 1.47. The summed E-state index contributed by atoms with van der Waals surface area (Å²) in [5.41, 5.74) is 0. The maximum absolute atomic E-state index is 13.0.